The van der Waals surface area contributed by atoms with Gasteiger partial charge in [-0.3, -0.25) is 0 Å². The number of ether oxygens (including phenoxy) is 1. The Labute approximate surface area is 321 Å². The first kappa shape index (κ1) is 31.4. The first-order chi connectivity index (χ1) is 27.3. The van der Waals surface area contributed by atoms with Crippen LogP contribution in [0.25, 0.3) is 44.2 Å². The minimum atomic E-state index is -0.535. The van der Waals surface area contributed by atoms with Crippen LogP contribution in [0.4, 0.5) is 17.1 Å². The van der Waals surface area contributed by atoms with E-state index in [4.69, 9.17) is 4.74 Å². The van der Waals surface area contributed by atoms with Gasteiger partial charge in [0.1, 0.15) is 11.5 Å². The van der Waals surface area contributed by atoms with E-state index in [9.17, 15) is 0 Å². The summed E-state index contributed by atoms with van der Waals surface area (Å²) in [5.41, 5.74) is 15.0. The third-order valence-electron chi connectivity index (χ3n) is 11.5. The van der Waals surface area contributed by atoms with E-state index >= 15 is 0 Å². The highest BCUT2D eigenvalue weighted by Crippen LogP contribution is 2.62. The van der Waals surface area contributed by atoms with Crippen molar-refractivity contribution >= 4 is 27.8 Å². The maximum Gasteiger partial charge on any atom is 0.132 e. The third-order valence-corrected chi connectivity index (χ3v) is 11.5. The van der Waals surface area contributed by atoms with Gasteiger partial charge in [0.05, 0.1) is 5.41 Å². The highest BCUT2D eigenvalue weighted by molar-refractivity contribution is 6.04. The average Bonchev–Trinajstić information content (AvgIpc) is 3.54. The molecule has 1 aliphatic heterocycles. The molecule has 0 amide bonds. The average molecular weight is 702 g/mol. The zero-order chi connectivity index (χ0) is 36.3. The van der Waals surface area contributed by atoms with Gasteiger partial charge in [0, 0.05) is 28.2 Å². The lowest BCUT2D eigenvalue weighted by atomic mass is 9.66. The van der Waals surface area contributed by atoms with Crippen molar-refractivity contribution in [1.29, 1.82) is 0 Å². The molecular formula is C53H35NO. The molecule has 0 atom stereocenters. The second kappa shape index (κ2) is 12.5. The molecule has 2 heteroatoms. The van der Waals surface area contributed by atoms with Crippen LogP contribution in [0, 0.1) is 0 Å². The Hall–Kier alpha value is -7.16. The first-order valence-electron chi connectivity index (χ1n) is 18.9. The summed E-state index contributed by atoms with van der Waals surface area (Å²) in [5, 5.41) is 2.50. The predicted octanol–water partition coefficient (Wildman–Crippen LogP) is 14.1. The normalized spacial score (nSPS) is 13.0. The van der Waals surface area contributed by atoms with Crippen molar-refractivity contribution in [2.24, 2.45) is 0 Å². The van der Waals surface area contributed by atoms with Crippen LogP contribution >= 0.6 is 0 Å². The van der Waals surface area contributed by atoms with Crippen LogP contribution in [0.15, 0.2) is 212 Å². The number of hydrogen-bond acceptors (Lipinski definition) is 2. The van der Waals surface area contributed by atoms with E-state index in [1.54, 1.807) is 0 Å². The molecule has 0 fully saturated rings. The summed E-state index contributed by atoms with van der Waals surface area (Å²) in [5.74, 6) is 1.79. The maximum atomic E-state index is 6.60. The standard InChI is InChI=1S/C53H35NO/c1-3-15-36(16-4-1)41-20-13-23-44-42(21-14-22-43(41)44)37-29-31-39(32-30-37)54(38-17-5-2-6-18-38)40-33-34-46-45-19-7-8-24-47(45)53(50(46)35-40)48-25-9-11-27-51(48)55-52-28-12-10-26-49(52)53/h1-35H. The van der Waals surface area contributed by atoms with Crippen molar-refractivity contribution in [3.05, 3.63) is 235 Å². The molecule has 0 saturated heterocycles. The predicted molar refractivity (Wildman–Crippen MR) is 227 cm³/mol. The minimum Gasteiger partial charge on any atom is -0.457 e. The summed E-state index contributed by atoms with van der Waals surface area (Å²) in [6, 6.07) is 76.8. The van der Waals surface area contributed by atoms with Gasteiger partial charge < -0.3 is 9.64 Å². The minimum absolute atomic E-state index is 0.535. The Kier molecular flexibility index (Phi) is 7.11. The van der Waals surface area contributed by atoms with E-state index in [0.717, 1.165) is 39.7 Å². The van der Waals surface area contributed by atoms with Crippen LogP contribution < -0.4 is 9.64 Å². The fourth-order valence-electron chi connectivity index (χ4n) is 9.23. The van der Waals surface area contributed by atoms with Crippen LogP contribution in [-0.4, -0.2) is 0 Å². The molecule has 0 N–H and O–H groups in total. The number of fused-ring (bicyclic) bond motifs is 10. The number of para-hydroxylation sites is 3. The largest absolute Gasteiger partial charge is 0.457 e. The van der Waals surface area contributed by atoms with Gasteiger partial charge in [-0.2, -0.15) is 0 Å². The van der Waals surface area contributed by atoms with Crippen LogP contribution in [0.2, 0.25) is 0 Å². The first-order valence-corrected chi connectivity index (χ1v) is 18.9. The Morgan fingerprint density at radius 1 is 0.309 bits per heavy atom. The lowest BCUT2D eigenvalue weighted by Gasteiger charge is -2.39. The quantitative estimate of drug-likeness (QED) is 0.177. The third kappa shape index (κ3) is 4.75. The topological polar surface area (TPSA) is 12.5 Å². The molecular weight excluding hydrogens is 667 g/mol. The number of anilines is 3. The summed E-state index contributed by atoms with van der Waals surface area (Å²) in [7, 11) is 0. The smallest absolute Gasteiger partial charge is 0.132 e. The molecule has 1 aliphatic carbocycles. The van der Waals surface area contributed by atoms with E-state index in [-0.39, 0.29) is 0 Å². The lowest BCUT2D eigenvalue weighted by Crippen LogP contribution is -2.32. The second-order valence-corrected chi connectivity index (χ2v) is 14.4. The van der Waals surface area contributed by atoms with E-state index < -0.39 is 5.41 Å². The molecule has 0 saturated carbocycles. The molecule has 9 aromatic carbocycles. The van der Waals surface area contributed by atoms with Gasteiger partial charge in [-0.15, -0.1) is 0 Å². The van der Waals surface area contributed by atoms with Crippen molar-refractivity contribution < 1.29 is 4.74 Å². The van der Waals surface area contributed by atoms with Gasteiger partial charge in [0.25, 0.3) is 0 Å². The van der Waals surface area contributed by atoms with E-state index in [0.29, 0.717) is 0 Å². The molecule has 258 valence electrons. The highest BCUT2D eigenvalue weighted by atomic mass is 16.5. The number of benzene rings is 9. The Morgan fingerprint density at radius 3 is 1.44 bits per heavy atom. The SMILES string of the molecule is c1ccc(-c2cccc3c(-c4ccc(N(c5ccccc5)c5ccc6c(c5)C5(c7ccccc7Oc7ccccc75)c5ccccc5-6)cc4)cccc23)cc1. The van der Waals surface area contributed by atoms with Gasteiger partial charge in [-0.1, -0.05) is 164 Å². The van der Waals surface area contributed by atoms with Gasteiger partial charge in [0.15, 0.2) is 0 Å². The highest BCUT2D eigenvalue weighted by Gasteiger charge is 2.51. The Bertz CT molecular complexity index is 2850. The fourth-order valence-corrected chi connectivity index (χ4v) is 9.23. The van der Waals surface area contributed by atoms with Crippen molar-refractivity contribution in [3.8, 4) is 44.9 Å². The molecule has 11 rings (SSSR count). The molecule has 0 aromatic heterocycles. The van der Waals surface area contributed by atoms with Crippen molar-refractivity contribution in [3.63, 3.8) is 0 Å². The van der Waals surface area contributed by atoms with Gasteiger partial charge in [-0.25, -0.2) is 0 Å². The molecule has 9 aromatic rings. The van der Waals surface area contributed by atoms with Gasteiger partial charge >= 0.3 is 0 Å². The molecule has 0 unspecified atom stereocenters. The molecule has 2 nitrogen and oxygen atoms in total. The zero-order valence-corrected chi connectivity index (χ0v) is 30.1. The van der Waals surface area contributed by atoms with Crippen molar-refractivity contribution in [1.82, 2.24) is 0 Å². The molecule has 1 spiro atoms. The monoisotopic (exact) mass is 701 g/mol. The van der Waals surface area contributed by atoms with E-state index in [2.05, 4.69) is 217 Å². The maximum absolute atomic E-state index is 6.60. The number of rotatable bonds is 5. The molecule has 0 radical (unpaired) electrons. The van der Waals surface area contributed by atoms with E-state index in [1.807, 2.05) is 0 Å². The van der Waals surface area contributed by atoms with Crippen LogP contribution in [0.5, 0.6) is 11.5 Å². The van der Waals surface area contributed by atoms with E-state index in [1.165, 1.54) is 55.3 Å². The summed E-state index contributed by atoms with van der Waals surface area (Å²) in [4.78, 5) is 2.38. The molecule has 2 aliphatic rings. The summed E-state index contributed by atoms with van der Waals surface area (Å²) in [6.07, 6.45) is 0. The van der Waals surface area contributed by atoms with Gasteiger partial charge in [-0.05, 0) is 104 Å². The van der Waals surface area contributed by atoms with Crippen molar-refractivity contribution in [2.45, 2.75) is 5.41 Å². The summed E-state index contributed by atoms with van der Waals surface area (Å²) in [6.45, 7) is 0. The van der Waals surface area contributed by atoms with Crippen LogP contribution in [0.1, 0.15) is 22.3 Å². The Morgan fingerprint density at radius 2 is 0.782 bits per heavy atom. The molecule has 1 heterocycles. The van der Waals surface area contributed by atoms with Gasteiger partial charge in [0.2, 0.25) is 0 Å². The van der Waals surface area contributed by atoms with Crippen molar-refractivity contribution in [2.75, 3.05) is 4.90 Å². The second-order valence-electron chi connectivity index (χ2n) is 14.4. The lowest BCUT2D eigenvalue weighted by molar-refractivity contribution is 0.436. The van der Waals surface area contributed by atoms with Crippen LogP contribution in [-0.2, 0) is 5.41 Å². The summed E-state index contributed by atoms with van der Waals surface area (Å²) >= 11 is 0. The summed E-state index contributed by atoms with van der Waals surface area (Å²) < 4.78 is 6.60. The zero-order valence-electron chi connectivity index (χ0n) is 30.1. The molecule has 55 heavy (non-hydrogen) atoms. The molecule has 0 bridgehead atoms. The fraction of sp³-hybridized carbons (Fsp3) is 0.0189. The van der Waals surface area contributed by atoms with Crippen LogP contribution in [0.3, 0.4) is 0 Å². The Balaban J connectivity index is 1.08. The number of nitrogens with zero attached hydrogens (tertiary/aromatic N) is 1. The number of hydrogen-bond donors (Lipinski definition) is 0.